The number of pyridine rings is 1. The fourth-order valence-corrected chi connectivity index (χ4v) is 7.54. The molecule has 5 aromatic rings. The number of ether oxygens (including phenoxy) is 2. The van der Waals surface area contributed by atoms with E-state index in [0.29, 0.717) is 40.9 Å². The number of carbonyl (C=O) groups is 2. The highest BCUT2D eigenvalue weighted by Crippen LogP contribution is 2.40. The second-order valence-electron chi connectivity index (χ2n) is 13.2. The molecule has 2 bridgehead atoms. The second kappa shape index (κ2) is 11.5. The molecule has 3 fully saturated rings. The number of carbonyl (C=O) groups excluding carboxylic acids is 2. The third-order valence-corrected chi connectivity index (χ3v) is 10.2. The predicted octanol–water partition coefficient (Wildman–Crippen LogP) is 4.82. The van der Waals surface area contributed by atoms with Crippen LogP contribution < -0.4 is 15.8 Å². The first kappa shape index (κ1) is 29.6. The molecule has 2 saturated carbocycles. The molecule has 11 nitrogen and oxygen atoms in total. The molecule has 3 aromatic heterocycles. The number of benzene rings is 2. The van der Waals surface area contributed by atoms with Crippen LogP contribution in [0.5, 0.6) is 5.75 Å². The summed E-state index contributed by atoms with van der Waals surface area (Å²) >= 11 is 0. The Morgan fingerprint density at radius 3 is 2.49 bits per heavy atom. The van der Waals surface area contributed by atoms with Crippen LogP contribution in [-0.4, -0.2) is 75.3 Å². The number of likely N-dealkylation sites (tertiary alicyclic amines) is 1. The van der Waals surface area contributed by atoms with Crippen molar-refractivity contribution in [1.82, 2.24) is 24.0 Å². The summed E-state index contributed by atoms with van der Waals surface area (Å²) < 4.78 is 15.1. The number of hydrogen-bond donors (Lipinski definition) is 2. The summed E-state index contributed by atoms with van der Waals surface area (Å²) in [5.41, 5.74) is 12.9. The number of rotatable bonds is 9. The Morgan fingerprint density at radius 2 is 1.81 bits per heavy atom. The van der Waals surface area contributed by atoms with Crippen LogP contribution in [0.4, 0.5) is 5.69 Å². The summed E-state index contributed by atoms with van der Waals surface area (Å²) in [5, 5.41) is 3.86. The first-order valence-corrected chi connectivity index (χ1v) is 16.3. The molecule has 2 aliphatic carbocycles. The Morgan fingerprint density at radius 1 is 1.00 bits per heavy atom. The van der Waals surface area contributed by atoms with Crippen molar-refractivity contribution in [2.24, 2.45) is 24.6 Å². The zero-order valence-corrected chi connectivity index (χ0v) is 26.9. The number of imidazole rings is 1. The van der Waals surface area contributed by atoms with Gasteiger partial charge < -0.3 is 34.6 Å². The van der Waals surface area contributed by atoms with E-state index in [0.717, 1.165) is 58.7 Å². The number of amides is 2. The molecule has 4 heterocycles. The van der Waals surface area contributed by atoms with Crippen LogP contribution >= 0.6 is 0 Å². The molecule has 11 heteroatoms. The normalized spacial score (nSPS) is 20.4. The molecule has 3 atom stereocenters. The molecule has 242 valence electrons. The second-order valence-corrected chi connectivity index (χ2v) is 13.2. The van der Waals surface area contributed by atoms with Crippen molar-refractivity contribution < 1.29 is 19.1 Å². The van der Waals surface area contributed by atoms with E-state index in [2.05, 4.69) is 26.6 Å². The van der Waals surface area contributed by atoms with Gasteiger partial charge in [0.05, 0.1) is 24.0 Å². The molecular weight excluding hydrogens is 594 g/mol. The lowest BCUT2D eigenvalue weighted by molar-refractivity contribution is -0.119. The SMILES string of the molecule is COCC(=O)Nc1ccc(-c2ccc3cc(-c4nc5cc(C(=O)N6CC7CCC6[C@@H]7N)cc(OC)c5n4C)n(CC4CC4)c3n2)cc1. The van der Waals surface area contributed by atoms with Gasteiger partial charge in [-0.25, -0.2) is 9.97 Å². The molecule has 1 saturated heterocycles. The molecule has 3 aliphatic rings. The number of hydrogen-bond acceptors (Lipinski definition) is 7. The summed E-state index contributed by atoms with van der Waals surface area (Å²) in [6.07, 6.45) is 4.44. The zero-order valence-electron chi connectivity index (χ0n) is 26.9. The van der Waals surface area contributed by atoms with Gasteiger partial charge in [0.25, 0.3) is 5.91 Å². The Labute approximate surface area is 272 Å². The van der Waals surface area contributed by atoms with Crippen molar-refractivity contribution in [3.05, 3.63) is 60.2 Å². The van der Waals surface area contributed by atoms with E-state index in [-0.39, 0.29) is 30.5 Å². The maximum Gasteiger partial charge on any atom is 0.254 e. The van der Waals surface area contributed by atoms with Gasteiger partial charge >= 0.3 is 0 Å². The van der Waals surface area contributed by atoms with Crippen molar-refractivity contribution in [3.8, 4) is 28.5 Å². The average molecular weight is 634 g/mol. The number of nitrogens with one attached hydrogen (secondary N) is 1. The first-order valence-electron chi connectivity index (χ1n) is 16.3. The summed E-state index contributed by atoms with van der Waals surface area (Å²) in [4.78, 5) is 37.9. The van der Waals surface area contributed by atoms with Gasteiger partial charge in [0.2, 0.25) is 5.91 Å². The molecule has 0 spiro atoms. The smallest absolute Gasteiger partial charge is 0.254 e. The number of piperidine rings is 1. The van der Waals surface area contributed by atoms with Gasteiger partial charge in [-0.3, -0.25) is 9.59 Å². The van der Waals surface area contributed by atoms with Crippen molar-refractivity contribution in [2.75, 3.05) is 32.7 Å². The minimum Gasteiger partial charge on any atom is -0.494 e. The summed E-state index contributed by atoms with van der Waals surface area (Å²) in [6.45, 7) is 1.57. The summed E-state index contributed by atoms with van der Waals surface area (Å²) in [6, 6.07) is 17.9. The third kappa shape index (κ3) is 5.14. The molecule has 0 radical (unpaired) electrons. The molecule has 47 heavy (non-hydrogen) atoms. The van der Waals surface area contributed by atoms with Gasteiger partial charge in [-0.2, -0.15) is 0 Å². The Hall–Kier alpha value is -4.74. The largest absolute Gasteiger partial charge is 0.494 e. The van der Waals surface area contributed by atoms with Gasteiger partial charge in [-0.15, -0.1) is 0 Å². The van der Waals surface area contributed by atoms with Crippen LogP contribution in [-0.2, 0) is 23.1 Å². The van der Waals surface area contributed by atoms with Crippen LogP contribution in [0, 0.1) is 11.8 Å². The van der Waals surface area contributed by atoms with E-state index < -0.39 is 0 Å². The van der Waals surface area contributed by atoms with Crippen molar-refractivity contribution in [1.29, 1.82) is 0 Å². The Bertz CT molecular complexity index is 2030. The average Bonchev–Trinajstić information content (AvgIpc) is 3.48. The fourth-order valence-electron chi connectivity index (χ4n) is 7.54. The number of nitrogens with zero attached hydrogens (tertiary/aromatic N) is 5. The number of aryl methyl sites for hydroxylation is 1. The first-order chi connectivity index (χ1) is 22.8. The van der Waals surface area contributed by atoms with Crippen molar-refractivity contribution >= 4 is 39.6 Å². The molecule has 1 aliphatic heterocycles. The van der Waals surface area contributed by atoms with E-state index in [9.17, 15) is 9.59 Å². The Balaban J connectivity index is 1.17. The number of fused-ring (bicyclic) bond motifs is 4. The predicted molar refractivity (Wildman–Crippen MR) is 180 cm³/mol. The fraction of sp³-hybridized carbons (Fsp3) is 0.389. The molecule has 8 rings (SSSR count). The van der Waals surface area contributed by atoms with Crippen LogP contribution in [0.1, 0.15) is 36.0 Å². The third-order valence-electron chi connectivity index (χ3n) is 10.2. The minimum atomic E-state index is -0.198. The van der Waals surface area contributed by atoms with E-state index in [1.54, 1.807) is 7.11 Å². The van der Waals surface area contributed by atoms with E-state index in [1.807, 2.05) is 54.4 Å². The lowest BCUT2D eigenvalue weighted by Crippen LogP contribution is -2.41. The van der Waals surface area contributed by atoms with Crippen molar-refractivity contribution in [2.45, 2.75) is 44.3 Å². The lowest BCUT2D eigenvalue weighted by Gasteiger charge is -2.27. The number of aromatic nitrogens is 4. The van der Waals surface area contributed by atoms with E-state index >= 15 is 0 Å². The number of anilines is 1. The van der Waals surface area contributed by atoms with Gasteiger partial charge in [-0.05, 0) is 80.0 Å². The highest BCUT2D eigenvalue weighted by atomic mass is 16.5. The van der Waals surface area contributed by atoms with Crippen LogP contribution in [0.25, 0.3) is 44.8 Å². The zero-order chi connectivity index (χ0) is 32.4. The summed E-state index contributed by atoms with van der Waals surface area (Å²) in [5.74, 6) is 2.18. The molecular formula is C36H39N7O4. The Kier molecular flexibility index (Phi) is 7.25. The molecule has 3 N–H and O–H groups in total. The van der Waals surface area contributed by atoms with Crippen LogP contribution in [0.2, 0.25) is 0 Å². The highest BCUT2D eigenvalue weighted by Gasteiger charge is 2.47. The number of nitrogens with two attached hydrogens (primary N) is 1. The molecule has 2 amide bonds. The van der Waals surface area contributed by atoms with Crippen LogP contribution in [0.3, 0.4) is 0 Å². The number of methoxy groups -OCH3 is 2. The highest BCUT2D eigenvalue weighted by molar-refractivity contribution is 6.00. The van der Waals surface area contributed by atoms with Gasteiger partial charge in [-0.1, -0.05) is 12.1 Å². The maximum absolute atomic E-state index is 13.7. The maximum atomic E-state index is 13.7. The standard InChI is InChI=1S/C36H39N7O4/c1-41-33-27(14-24(16-30(33)47-3)36(45)43-18-23-9-13-28(43)32(23)37)40-35(41)29-15-22-8-12-26(39-34(22)42(29)17-20-4-5-20)21-6-10-25(11-7-21)38-31(44)19-46-2/h6-8,10-12,14-16,20,23,28,32H,4-5,9,13,17-19,37H2,1-3H3,(H,38,44)/t23?,28?,32-/m1/s1. The molecule has 2 unspecified atom stereocenters. The molecule has 2 aromatic carbocycles. The van der Waals surface area contributed by atoms with E-state index in [4.69, 9.17) is 25.2 Å². The quantitative estimate of drug-likeness (QED) is 0.238. The van der Waals surface area contributed by atoms with Crippen molar-refractivity contribution in [3.63, 3.8) is 0 Å². The topological polar surface area (TPSA) is 130 Å². The van der Waals surface area contributed by atoms with Gasteiger partial charge in [0.15, 0.2) is 5.82 Å². The van der Waals surface area contributed by atoms with E-state index in [1.165, 1.54) is 20.0 Å². The summed E-state index contributed by atoms with van der Waals surface area (Å²) in [7, 11) is 5.13. The van der Waals surface area contributed by atoms with Gasteiger partial charge in [0.1, 0.15) is 23.5 Å². The lowest BCUT2D eigenvalue weighted by atomic mass is 10.1. The van der Waals surface area contributed by atoms with Gasteiger partial charge in [0, 0.05) is 61.5 Å². The minimum absolute atomic E-state index is 0.00645. The monoisotopic (exact) mass is 633 g/mol. The van der Waals surface area contributed by atoms with Crippen LogP contribution in [0.15, 0.2) is 54.6 Å².